The molecule has 0 amide bonds. The number of aliphatic hydroxyl groups excluding tert-OH is 1. The minimum Gasteiger partial charge on any atom is -0.480 e. The first-order valence-electron chi connectivity index (χ1n) is 6.80. The summed E-state index contributed by atoms with van der Waals surface area (Å²) in [5, 5.41) is 29.9. The molecule has 1 heterocycles. The number of carbonyl (C=O) groups is 1. The molecule has 1 aromatic heterocycles. The van der Waals surface area contributed by atoms with Crippen molar-refractivity contribution in [3.63, 3.8) is 0 Å². The van der Waals surface area contributed by atoms with Gasteiger partial charge in [-0.2, -0.15) is 5.26 Å². The van der Waals surface area contributed by atoms with Crippen LogP contribution in [0.1, 0.15) is 18.7 Å². The summed E-state index contributed by atoms with van der Waals surface area (Å²) in [5.41, 5.74) is 2.24. The number of carboxylic acid groups (broad SMARTS) is 1. The molecule has 0 bridgehead atoms. The molecule has 0 saturated heterocycles. The number of fused-ring (bicyclic) bond motifs is 1. The smallest absolute Gasteiger partial charge is 0.322 e. The Kier molecular flexibility index (Phi) is 5.11. The van der Waals surface area contributed by atoms with Crippen LogP contribution in [-0.4, -0.2) is 39.3 Å². The normalized spacial score (nSPS) is 11.8. The number of hydrogen-bond acceptors (Lipinski definition) is 5. The van der Waals surface area contributed by atoms with E-state index in [0.717, 1.165) is 11.0 Å². The lowest BCUT2D eigenvalue weighted by atomic mass is 10.1. The van der Waals surface area contributed by atoms with Gasteiger partial charge in [0, 0.05) is 12.3 Å². The number of aromatic amines is 1. The summed E-state index contributed by atoms with van der Waals surface area (Å²) < 4.78 is 0. The zero-order valence-electron chi connectivity index (χ0n) is 11.8. The second-order valence-electron chi connectivity index (χ2n) is 4.64. The van der Waals surface area contributed by atoms with Crippen LogP contribution >= 0.6 is 0 Å². The standard InChI is InChI=1S/C15H16N4O3/c16-8-10(11(6-3-7-20)17-9-14(21)22)15-18-12-4-1-2-5-13(12)19-15/h1-2,4-5,17,20H,3,6-7,9H2,(H,18,19)(H,21,22)/b11-10-. The van der Waals surface area contributed by atoms with E-state index in [4.69, 9.17) is 10.2 Å². The van der Waals surface area contributed by atoms with Gasteiger partial charge in [-0.15, -0.1) is 0 Å². The van der Waals surface area contributed by atoms with E-state index in [1.165, 1.54) is 0 Å². The zero-order chi connectivity index (χ0) is 15.9. The molecule has 7 nitrogen and oxygen atoms in total. The topological polar surface area (TPSA) is 122 Å². The van der Waals surface area contributed by atoms with Crippen molar-refractivity contribution < 1.29 is 15.0 Å². The van der Waals surface area contributed by atoms with Gasteiger partial charge in [0.05, 0.1) is 11.0 Å². The number of para-hydroxylation sites is 2. The summed E-state index contributed by atoms with van der Waals surface area (Å²) in [6.07, 6.45) is 0.789. The third-order valence-corrected chi connectivity index (χ3v) is 3.08. The fourth-order valence-electron chi connectivity index (χ4n) is 2.07. The summed E-state index contributed by atoms with van der Waals surface area (Å²) in [4.78, 5) is 18.1. The van der Waals surface area contributed by atoms with E-state index in [9.17, 15) is 10.1 Å². The minimum absolute atomic E-state index is 0.0446. The van der Waals surface area contributed by atoms with Crippen LogP contribution in [0.15, 0.2) is 30.0 Å². The number of nitriles is 1. The molecule has 0 fully saturated rings. The van der Waals surface area contributed by atoms with Gasteiger partial charge in [0.15, 0.2) is 5.82 Å². The summed E-state index contributed by atoms with van der Waals surface area (Å²) in [7, 11) is 0. The lowest BCUT2D eigenvalue weighted by Gasteiger charge is -2.10. The summed E-state index contributed by atoms with van der Waals surface area (Å²) in [6.45, 7) is -0.344. The van der Waals surface area contributed by atoms with Gasteiger partial charge in [-0.3, -0.25) is 4.79 Å². The molecule has 0 radical (unpaired) electrons. The number of aliphatic carboxylic acids is 1. The van der Waals surface area contributed by atoms with Gasteiger partial charge in [0.2, 0.25) is 0 Å². The number of benzene rings is 1. The molecule has 2 aromatic rings. The van der Waals surface area contributed by atoms with Gasteiger partial charge in [-0.1, -0.05) is 12.1 Å². The number of nitrogens with zero attached hydrogens (tertiary/aromatic N) is 2. The summed E-state index contributed by atoms with van der Waals surface area (Å²) in [5.74, 6) is -0.641. The Labute approximate surface area is 126 Å². The first-order valence-corrected chi connectivity index (χ1v) is 6.80. The van der Waals surface area contributed by atoms with Gasteiger partial charge < -0.3 is 20.5 Å². The molecular formula is C15H16N4O3. The van der Waals surface area contributed by atoms with Crippen LogP contribution < -0.4 is 5.32 Å². The van der Waals surface area contributed by atoms with Gasteiger partial charge in [0.1, 0.15) is 18.2 Å². The molecule has 0 aliphatic heterocycles. The molecule has 7 heteroatoms. The Bertz CT molecular complexity index is 710. The molecular weight excluding hydrogens is 284 g/mol. The van der Waals surface area contributed by atoms with Crippen LogP contribution in [0.2, 0.25) is 0 Å². The Morgan fingerprint density at radius 1 is 1.41 bits per heavy atom. The molecule has 0 unspecified atom stereocenters. The number of nitrogens with one attached hydrogen (secondary N) is 2. The summed E-state index contributed by atoms with van der Waals surface area (Å²) in [6, 6.07) is 9.43. The van der Waals surface area contributed by atoms with Crippen LogP contribution in [0.5, 0.6) is 0 Å². The quantitative estimate of drug-likeness (QED) is 0.571. The largest absolute Gasteiger partial charge is 0.480 e. The third kappa shape index (κ3) is 3.62. The van der Waals surface area contributed by atoms with Crippen molar-refractivity contribution in [2.24, 2.45) is 0 Å². The van der Waals surface area contributed by atoms with E-state index in [2.05, 4.69) is 21.4 Å². The van der Waals surface area contributed by atoms with Crippen LogP contribution in [0.4, 0.5) is 0 Å². The minimum atomic E-state index is -1.02. The Balaban J connectivity index is 2.41. The van der Waals surface area contributed by atoms with Crippen LogP contribution in [0.3, 0.4) is 0 Å². The molecule has 2 rings (SSSR count). The van der Waals surface area contributed by atoms with Crippen LogP contribution in [0, 0.1) is 11.3 Å². The van der Waals surface area contributed by atoms with E-state index in [1.54, 1.807) is 0 Å². The van der Waals surface area contributed by atoms with E-state index in [1.807, 2.05) is 24.3 Å². The zero-order valence-corrected chi connectivity index (χ0v) is 11.8. The number of hydrogen-bond donors (Lipinski definition) is 4. The molecule has 22 heavy (non-hydrogen) atoms. The van der Waals surface area contributed by atoms with Crippen molar-refractivity contribution in [1.82, 2.24) is 15.3 Å². The fourth-order valence-corrected chi connectivity index (χ4v) is 2.07. The third-order valence-electron chi connectivity index (χ3n) is 3.08. The van der Waals surface area contributed by atoms with Crippen molar-refractivity contribution >= 4 is 22.6 Å². The number of allylic oxidation sites excluding steroid dienone is 2. The average Bonchev–Trinajstić information content (AvgIpc) is 2.93. The van der Waals surface area contributed by atoms with Gasteiger partial charge >= 0.3 is 5.97 Å². The molecule has 114 valence electrons. The maximum absolute atomic E-state index is 10.7. The second-order valence-corrected chi connectivity index (χ2v) is 4.64. The van der Waals surface area contributed by atoms with Gasteiger partial charge in [-0.25, -0.2) is 4.98 Å². The SMILES string of the molecule is N#C/C(=C(\CCCO)NCC(=O)O)c1nc2ccccc2[nH]1. The Hall–Kier alpha value is -2.85. The van der Waals surface area contributed by atoms with Crippen molar-refractivity contribution in [3.05, 3.63) is 35.8 Å². The molecule has 0 aliphatic carbocycles. The van der Waals surface area contributed by atoms with Crippen LogP contribution in [0.25, 0.3) is 16.6 Å². The van der Waals surface area contributed by atoms with Crippen molar-refractivity contribution in [2.45, 2.75) is 12.8 Å². The maximum Gasteiger partial charge on any atom is 0.322 e. The molecule has 4 N–H and O–H groups in total. The van der Waals surface area contributed by atoms with Crippen LogP contribution in [-0.2, 0) is 4.79 Å². The van der Waals surface area contributed by atoms with Crippen molar-refractivity contribution in [1.29, 1.82) is 5.26 Å². The summed E-state index contributed by atoms with van der Waals surface area (Å²) >= 11 is 0. The highest BCUT2D eigenvalue weighted by Crippen LogP contribution is 2.20. The molecule has 0 saturated carbocycles. The predicted molar refractivity (Wildman–Crippen MR) is 80.6 cm³/mol. The van der Waals surface area contributed by atoms with E-state index in [0.29, 0.717) is 24.4 Å². The van der Waals surface area contributed by atoms with Crippen molar-refractivity contribution in [3.8, 4) is 6.07 Å². The van der Waals surface area contributed by atoms with Gasteiger partial charge in [-0.05, 0) is 25.0 Å². The Morgan fingerprint density at radius 2 is 2.18 bits per heavy atom. The highest BCUT2D eigenvalue weighted by Gasteiger charge is 2.14. The highest BCUT2D eigenvalue weighted by atomic mass is 16.4. The monoisotopic (exact) mass is 300 g/mol. The molecule has 1 aromatic carbocycles. The first-order chi connectivity index (χ1) is 10.7. The predicted octanol–water partition coefficient (Wildman–Crippen LogP) is 1.24. The lowest BCUT2D eigenvalue weighted by Crippen LogP contribution is -2.23. The fraction of sp³-hybridized carbons (Fsp3) is 0.267. The second kappa shape index (κ2) is 7.24. The molecule has 0 aliphatic rings. The highest BCUT2D eigenvalue weighted by molar-refractivity contribution is 5.83. The number of aromatic nitrogens is 2. The Morgan fingerprint density at radius 3 is 2.82 bits per heavy atom. The van der Waals surface area contributed by atoms with E-state index < -0.39 is 5.97 Å². The first kappa shape index (κ1) is 15.5. The maximum atomic E-state index is 10.7. The number of imidazole rings is 1. The average molecular weight is 300 g/mol. The molecule has 0 spiro atoms. The number of H-pyrrole nitrogens is 1. The number of carboxylic acids is 1. The van der Waals surface area contributed by atoms with E-state index >= 15 is 0 Å². The van der Waals surface area contributed by atoms with Crippen molar-refractivity contribution in [2.75, 3.05) is 13.2 Å². The van der Waals surface area contributed by atoms with Gasteiger partial charge in [0.25, 0.3) is 0 Å². The number of rotatable bonds is 7. The molecule has 0 atom stereocenters. The lowest BCUT2D eigenvalue weighted by molar-refractivity contribution is -0.135. The van der Waals surface area contributed by atoms with E-state index in [-0.39, 0.29) is 18.7 Å². The number of aliphatic hydroxyl groups is 1.